The highest BCUT2D eigenvalue weighted by molar-refractivity contribution is 4.80. The molecule has 0 N–H and O–H groups in total. The molecule has 0 aromatic heterocycles. The van der Waals surface area contributed by atoms with Crippen LogP contribution in [0, 0.1) is 0 Å². The molecule has 1 unspecified atom stereocenters. The maximum absolute atomic E-state index is 5.53. The molecule has 0 saturated heterocycles. The van der Waals surface area contributed by atoms with Crippen LogP contribution in [0.2, 0.25) is 0 Å². The second kappa shape index (κ2) is 7.80. The lowest BCUT2D eigenvalue weighted by Gasteiger charge is -2.13. The Labute approximate surface area is 70.4 Å². The first kappa shape index (κ1) is 10.7. The molecule has 0 radical (unpaired) electrons. The maximum atomic E-state index is 5.53. The van der Waals surface area contributed by atoms with E-state index in [-0.39, 0.29) is 0 Å². The van der Waals surface area contributed by atoms with E-state index in [4.69, 9.17) is 4.74 Å². The van der Waals surface area contributed by atoms with Gasteiger partial charge >= 0.3 is 0 Å². The van der Waals surface area contributed by atoms with Crippen LogP contribution in [0.5, 0.6) is 0 Å². The first-order valence-corrected chi connectivity index (χ1v) is 4.57. The van der Waals surface area contributed by atoms with E-state index in [1.165, 1.54) is 12.8 Å². The van der Waals surface area contributed by atoms with Gasteiger partial charge in [-0.1, -0.05) is 25.5 Å². The molecular formula is C10H20O. The van der Waals surface area contributed by atoms with Crippen molar-refractivity contribution < 1.29 is 4.74 Å². The molecule has 11 heavy (non-hydrogen) atoms. The number of allylic oxidation sites excluding steroid dienone is 1. The third-order valence-corrected chi connectivity index (χ3v) is 1.65. The molecule has 0 aliphatic carbocycles. The Hall–Kier alpha value is -0.300. The summed E-state index contributed by atoms with van der Waals surface area (Å²) in [7, 11) is 0. The van der Waals surface area contributed by atoms with Crippen molar-refractivity contribution >= 4 is 0 Å². The van der Waals surface area contributed by atoms with Gasteiger partial charge in [0.1, 0.15) is 0 Å². The Morgan fingerprint density at radius 2 is 2.09 bits per heavy atom. The van der Waals surface area contributed by atoms with Gasteiger partial charge in [-0.3, -0.25) is 0 Å². The summed E-state index contributed by atoms with van der Waals surface area (Å²) >= 11 is 0. The van der Waals surface area contributed by atoms with Crippen molar-refractivity contribution in [1.82, 2.24) is 0 Å². The molecule has 0 aliphatic heterocycles. The van der Waals surface area contributed by atoms with Crippen LogP contribution in [0.15, 0.2) is 12.2 Å². The van der Waals surface area contributed by atoms with Crippen LogP contribution in [0.25, 0.3) is 0 Å². The molecule has 1 atom stereocenters. The third-order valence-electron chi connectivity index (χ3n) is 1.65. The van der Waals surface area contributed by atoms with Crippen molar-refractivity contribution in [1.29, 1.82) is 0 Å². The van der Waals surface area contributed by atoms with Crippen LogP contribution in [-0.4, -0.2) is 12.7 Å². The first-order valence-electron chi connectivity index (χ1n) is 4.57. The van der Waals surface area contributed by atoms with Crippen molar-refractivity contribution in [3.05, 3.63) is 12.2 Å². The smallest absolute Gasteiger partial charge is 0.0609 e. The first-order chi connectivity index (χ1) is 5.35. The number of hydrogen-bond donors (Lipinski definition) is 0. The van der Waals surface area contributed by atoms with Crippen molar-refractivity contribution in [2.45, 2.75) is 46.1 Å². The fourth-order valence-corrected chi connectivity index (χ4v) is 1.11. The van der Waals surface area contributed by atoms with Crippen LogP contribution >= 0.6 is 0 Å². The molecule has 0 spiro atoms. The maximum Gasteiger partial charge on any atom is 0.0609 e. The molecule has 1 heteroatoms. The Morgan fingerprint density at radius 3 is 2.55 bits per heavy atom. The molecular weight excluding hydrogens is 136 g/mol. The Morgan fingerprint density at radius 1 is 1.36 bits per heavy atom. The van der Waals surface area contributed by atoms with Gasteiger partial charge in [-0.25, -0.2) is 0 Å². The van der Waals surface area contributed by atoms with E-state index >= 15 is 0 Å². The normalized spacial score (nSPS) is 14.1. The van der Waals surface area contributed by atoms with Crippen LogP contribution in [0.4, 0.5) is 0 Å². The standard InChI is InChI=1S/C10H20O/c1-4-7-9-10(8-5-2)11-6-3/h4,7,10H,5-6,8-9H2,1-3H3. The zero-order valence-electron chi connectivity index (χ0n) is 7.97. The largest absolute Gasteiger partial charge is 0.378 e. The highest BCUT2D eigenvalue weighted by atomic mass is 16.5. The minimum absolute atomic E-state index is 0.446. The van der Waals surface area contributed by atoms with Crippen molar-refractivity contribution in [3.8, 4) is 0 Å². The minimum Gasteiger partial charge on any atom is -0.378 e. The predicted octanol–water partition coefficient (Wildman–Crippen LogP) is 3.16. The highest BCUT2D eigenvalue weighted by Crippen LogP contribution is 2.07. The van der Waals surface area contributed by atoms with Gasteiger partial charge in [0.2, 0.25) is 0 Å². The molecule has 0 rings (SSSR count). The molecule has 1 nitrogen and oxygen atoms in total. The van der Waals surface area contributed by atoms with Crippen molar-refractivity contribution in [2.24, 2.45) is 0 Å². The summed E-state index contributed by atoms with van der Waals surface area (Å²) in [6, 6.07) is 0. The fraction of sp³-hybridized carbons (Fsp3) is 0.800. The monoisotopic (exact) mass is 156 g/mol. The second-order valence-corrected chi connectivity index (χ2v) is 2.67. The number of ether oxygens (including phenoxy) is 1. The zero-order valence-corrected chi connectivity index (χ0v) is 7.97. The average molecular weight is 156 g/mol. The Kier molecular flexibility index (Phi) is 7.59. The SMILES string of the molecule is CC=CCC(CCC)OCC. The van der Waals surface area contributed by atoms with Gasteiger partial charge in [-0.2, -0.15) is 0 Å². The van der Waals surface area contributed by atoms with E-state index in [1.54, 1.807) is 0 Å². The lowest BCUT2D eigenvalue weighted by Crippen LogP contribution is -2.11. The summed E-state index contributed by atoms with van der Waals surface area (Å²) in [6.45, 7) is 7.14. The molecule has 0 aliphatic rings. The lowest BCUT2D eigenvalue weighted by molar-refractivity contribution is 0.0585. The number of rotatable bonds is 6. The lowest BCUT2D eigenvalue weighted by atomic mass is 10.1. The quantitative estimate of drug-likeness (QED) is 0.537. The zero-order chi connectivity index (χ0) is 8.53. The molecule has 0 aromatic carbocycles. The summed E-state index contributed by atoms with van der Waals surface area (Å²) < 4.78 is 5.53. The molecule has 0 saturated carbocycles. The van der Waals surface area contributed by atoms with Gasteiger partial charge in [0.05, 0.1) is 6.10 Å². The predicted molar refractivity (Wildman–Crippen MR) is 49.8 cm³/mol. The van der Waals surface area contributed by atoms with Crippen LogP contribution < -0.4 is 0 Å². The summed E-state index contributed by atoms with van der Waals surface area (Å²) in [5.74, 6) is 0. The third kappa shape index (κ3) is 6.11. The number of hydrogen-bond acceptors (Lipinski definition) is 1. The van der Waals surface area contributed by atoms with Gasteiger partial charge in [0, 0.05) is 6.61 Å². The second-order valence-electron chi connectivity index (χ2n) is 2.67. The summed E-state index contributed by atoms with van der Waals surface area (Å²) in [5, 5.41) is 0. The van der Waals surface area contributed by atoms with Crippen LogP contribution in [0.3, 0.4) is 0 Å². The van der Waals surface area contributed by atoms with E-state index in [9.17, 15) is 0 Å². The summed E-state index contributed by atoms with van der Waals surface area (Å²) in [6.07, 6.45) is 8.16. The highest BCUT2D eigenvalue weighted by Gasteiger charge is 2.03. The Balaban J connectivity index is 3.50. The average Bonchev–Trinajstić information content (AvgIpc) is 2.01. The van der Waals surface area contributed by atoms with E-state index in [2.05, 4.69) is 32.9 Å². The fourth-order valence-electron chi connectivity index (χ4n) is 1.11. The van der Waals surface area contributed by atoms with Gasteiger partial charge in [0.15, 0.2) is 0 Å². The van der Waals surface area contributed by atoms with Crippen LogP contribution in [0.1, 0.15) is 40.0 Å². The van der Waals surface area contributed by atoms with E-state index < -0.39 is 0 Å². The Bertz CT molecular complexity index is 91.0. The molecule has 0 aromatic rings. The molecule has 0 fully saturated rings. The van der Waals surface area contributed by atoms with Crippen LogP contribution in [-0.2, 0) is 4.74 Å². The van der Waals surface area contributed by atoms with Gasteiger partial charge in [-0.15, -0.1) is 0 Å². The molecule has 0 heterocycles. The van der Waals surface area contributed by atoms with Gasteiger partial charge in [0.25, 0.3) is 0 Å². The van der Waals surface area contributed by atoms with Crippen molar-refractivity contribution in [3.63, 3.8) is 0 Å². The molecule has 0 amide bonds. The van der Waals surface area contributed by atoms with Gasteiger partial charge in [-0.05, 0) is 26.7 Å². The molecule has 66 valence electrons. The van der Waals surface area contributed by atoms with Crippen molar-refractivity contribution in [2.75, 3.05) is 6.61 Å². The van der Waals surface area contributed by atoms with E-state index in [0.29, 0.717) is 6.10 Å². The minimum atomic E-state index is 0.446. The van der Waals surface area contributed by atoms with E-state index in [1.807, 2.05) is 0 Å². The van der Waals surface area contributed by atoms with E-state index in [0.717, 1.165) is 13.0 Å². The molecule has 0 bridgehead atoms. The summed E-state index contributed by atoms with van der Waals surface area (Å²) in [5.41, 5.74) is 0. The summed E-state index contributed by atoms with van der Waals surface area (Å²) in [4.78, 5) is 0. The van der Waals surface area contributed by atoms with Gasteiger partial charge < -0.3 is 4.74 Å². The topological polar surface area (TPSA) is 9.23 Å².